The van der Waals surface area contributed by atoms with Gasteiger partial charge in [0.2, 0.25) is 0 Å². The summed E-state index contributed by atoms with van der Waals surface area (Å²) in [6.07, 6.45) is 1.86. The van der Waals surface area contributed by atoms with Gasteiger partial charge in [0.25, 0.3) is 0 Å². The summed E-state index contributed by atoms with van der Waals surface area (Å²) in [5, 5.41) is 3.17. The van der Waals surface area contributed by atoms with Gasteiger partial charge in [-0.05, 0) is 24.6 Å². The number of ether oxygens (including phenoxy) is 1. The van der Waals surface area contributed by atoms with E-state index in [-0.39, 0.29) is 0 Å². The Balaban J connectivity index is 2.15. The molecule has 1 aromatic rings. The van der Waals surface area contributed by atoms with Crippen LogP contribution in [0.2, 0.25) is 0 Å². The Hall–Kier alpha value is -0.990. The smallest absolute Gasteiger partial charge is 0.119 e. The zero-order valence-corrected chi connectivity index (χ0v) is 9.63. The number of rotatable bonds is 6. The van der Waals surface area contributed by atoms with Crippen molar-refractivity contribution in [3.63, 3.8) is 0 Å². The fourth-order valence-corrected chi connectivity index (χ4v) is 1.27. The van der Waals surface area contributed by atoms with Crippen LogP contribution >= 0.6 is 11.6 Å². The van der Waals surface area contributed by atoms with Gasteiger partial charge in [0.1, 0.15) is 12.4 Å². The summed E-state index contributed by atoms with van der Waals surface area (Å²) in [5.41, 5.74) is 2.72. The van der Waals surface area contributed by atoms with Crippen molar-refractivity contribution in [3.05, 3.63) is 41.4 Å². The lowest BCUT2D eigenvalue weighted by atomic mass is 10.2. The second-order valence-electron chi connectivity index (χ2n) is 3.23. The fraction of sp³-hybridized carbons (Fsp3) is 0.333. The van der Waals surface area contributed by atoms with Crippen LogP contribution < -0.4 is 10.1 Å². The maximum absolute atomic E-state index is 5.55. The van der Waals surface area contributed by atoms with Crippen molar-refractivity contribution < 1.29 is 4.74 Å². The van der Waals surface area contributed by atoms with Crippen LogP contribution in [0.15, 0.2) is 35.9 Å². The average Bonchev–Trinajstić information content (AvgIpc) is 2.23. The Morgan fingerprint density at radius 1 is 1.47 bits per heavy atom. The largest absolute Gasteiger partial charge is 0.492 e. The predicted octanol–water partition coefficient (Wildman–Crippen LogP) is 2.72. The average molecular weight is 226 g/mol. The maximum atomic E-state index is 5.55. The van der Waals surface area contributed by atoms with Crippen molar-refractivity contribution in [1.29, 1.82) is 0 Å². The number of halogens is 1. The molecular weight excluding hydrogens is 210 g/mol. The number of nitrogens with one attached hydrogen (secondary N) is 1. The Bertz CT molecular complexity index is 312. The van der Waals surface area contributed by atoms with E-state index in [1.54, 1.807) is 0 Å². The highest BCUT2D eigenvalue weighted by Crippen LogP contribution is 2.11. The lowest BCUT2D eigenvalue weighted by molar-refractivity contribution is 0.316. The summed E-state index contributed by atoms with van der Waals surface area (Å²) >= 11 is 5.38. The van der Waals surface area contributed by atoms with Crippen molar-refractivity contribution in [1.82, 2.24) is 5.32 Å². The van der Waals surface area contributed by atoms with Gasteiger partial charge in [-0.15, -0.1) is 0 Å². The summed E-state index contributed by atoms with van der Waals surface area (Å²) in [6, 6.07) is 8.04. The molecule has 1 N–H and O–H groups in total. The van der Waals surface area contributed by atoms with Crippen molar-refractivity contribution in [3.8, 4) is 5.75 Å². The van der Waals surface area contributed by atoms with Crippen LogP contribution in [0.5, 0.6) is 5.75 Å². The van der Waals surface area contributed by atoms with E-state index >= 15 is 0 Å². The molecule has 2 nitrogen and oxygen atoms in total. The third-order valence-corrected chi connectivity index (χ3v) is 2.07. The SMILES string of the molecule is Cc1cccc(OCCNC/C=C/Cl)c1. The molecule has 1 aromatic carbocycles. The van der Waals surface area contributed by atoms with Crippen molar-refractivity contribution in [2.45, 2.75) is 6.92 Å². The first-order valence-corrected chi connectivity index (χ1v) is 5.42. The predicted molar refractivity (Wildman–Crippen MR) is 64.5 cm³/mol. The van der Waals surface area contributed by atoms with Crippen LogP contribution in [-0.2, 0) is 0 Å². The van der Waals surface area contributed by atoms with Crippen molar-refractivity contribution in [2.75, 3.05) is 19.7 Å². The van der Waals surface area contributed by atoms with Gasteiger partial charge in [-0.1, -0.05) is 29.8 Å². The van der Waals surface area contributed by atoms with Crippen LogP contribution in [0.1, 0.15) is 5.56 Å². The normalized spacial score (nSPS) is 10.8. The van der Waals surface area contributed by atoms with Crippen molar-refractivity contribution >= 4 is 11.6 Å². The van der Waals surface area contributed by atoms with Crippen LogP contribution in [0, 0.1) is 6.92 Å². The molecule has 0 heterocycles. The molecule has 1 rings (SSSR count). The molecule has 0 aliphatic rings. The van der Waals surface area contributed by atoms with Gasteiger partial charge < -0.3 is 10.1 Å². The van der Waals surface area contributed by atoms with Crippen molar-refractivity contribution in [2.24, 2.45) is 0 Å². The molecule has 0 aliphatic heterocycles. The highest BCUT2D eigenvalue weighted by Gasteiger charge is 1.92. The summed E-state index contributed by atoms with van der Waals surface area (Å²) in [7, 11) is 0. The molecule has 0 bridgehead atoms. The van der Waals surface area contributed by atoms with Gasteiger partial charge in [-0.25, -0.2) is 0 Å². The molecule has 0 spiro atoms. The first-order valence-electron chi connectivity index (χ1n) is 4.98. The first-order chi connectivity index (χ1) is 7.33. The topological polar surface area (TPSA) is 21.3 Å². The van der Waals surface area contributed by atoms with E-state index in [9.17, 15) is 0 Å². The highest BCUT2D eigenvalue weighted by molar-refractivity contribution is 6.25. The molecule has 0 fully saturated rings. The zero-order valence-electron chi connectivity index (χ0n) is 8.87. The molecule has 0 atom stereocenters. The molecule has 82 valence electrons. The van der Waals surface area contributed by atoms with Crippen LogP contribution in [-0.4, -0.2) is 19.7 Å². The summed E-state index contributed by atoms with van der Waals surface area (Å²) in [6.45, 7) is 4.31. The number of aryl methyl sites for hydroxylation is 1. The second kappa shape index (κ2) is 7.32. The van der Waals surface area contributed by atoms with E-state index in [1.165, 1.54) is 11.1 Å². The lowest BCUT2D eigenvalue weighted by Gasteiger charge is -2.06. The van der Waals surface area contributed by atoms with E-state index in [4.69, 9.17) is 16.3 Å². The standard InChI is InChI=1S/C12H16ClNO/c1-11-4-2-5-12(10-11)15-9-8-14-7-3-6-13/h2-6,10,14H,7-9H2,1H3/b6-3+. The molecule has 0 aliphatic carbocycles. The van der Waals surface area contributed by atoms with Gasteiger partial charge >= 0.3 is 0 Å². The molecule has 0 saturated carbocycles. The van der Waals surface area contributed by atoms with E-state index in [0.29, 0.717) is 6.61 Å². The third-order valence-electron chi connectivity index (χ3n) is 1.89. The Morgan fingerprint density at radius 3 is 3.07 bits per heavy atom. The van der Waals surface area contributed by atoms with Gasteiger partial charge in [0, 0.05) is 18.6 Å². The quantitative estimate of drug-likeness (QED) is 0.752. The monoisotopic (exact) mass is 225 g/mol. The van der Waals surface area contributed by atoms with E-state index in [1.807, 2.05) is 24.3 Å². The van der Waals surface area contributed by atoms with Crippen LogP contribution in [0.3, 0.4) is 0 Å². The molecule has 0 saturated heterocycles. The van der Waals surface area contributed by atoms with Gasteiger partial charge in [-0.2, -0.15) is 0 Å². The molecule has 0 amide bonds. The number of benzene rings is 1. The Kier molecular flexibility index (Phi) is 5.90. The molecule has 0 radical (unpaired) electrons. The summed E-state index contributed by atoms with van der Waals surface area (Å²) < 4.78 is 5.55. The van der Waals surface area contributed by atoms with E-state index in [2.05, 4.69) is 18.3 Å². The fourth-order valence-electron chi connectivity index (χ4n) is 1.18. The molecule has 3 heteroatoms. The minimum absolute atomic E-state index is 0.666. The molecule has 15 heavy (non-hydrogen) atoms. The van der Waals surface area contributed by atoms with E-state index < -0.39 is 0 Å². The Labute approximate surface area is 95.9 Å². The molecular formula is C12H16ClNO. The second-order valence-corrected chi connectivity index (χ2v) is 3.48. The van der Waals surface area contributed by atoms with Gasteiger partial charge in [-0.3, -0.25) is 0 Å². The zero-order chi connectivity index (χ0) is 10.9. The highest BCUT2D eigenvalue weighted by atomic mass is 35.5. The van der Waals surface area contributed by atoms with E-state index in [0.717, 1.165) is 18.8 Å². The molecule has 0 unspecified atom stereocenters. The van der Waals surface area contributed by atoms with Gasteiger partial charge in [0.05, 0.1) is 0 Å². The van der Waals surface area contributed by atoms with Gasteiger partial charge in [0.15, 0.2) is 0 Å². The molecule has 0 aromatic heterocycles. The number of hydrogen-bond donors (Lipinski definition) is 1. The lowest BCUT2D eigenvalue weighted by Crippen LogP contribution is -2.20. The Morgan fingerprint density at radius 2 is 2.33 bits per heavy atom. The maximum Gasteiger partial charge on any atom is 0.119 e. The summed E-state index contributed by atoms with van der Waals surface area (Å²) in [5.74, 6) is 0.921. The minimum Gasteiger partial charge on any atom is -0.492 e. The van der Waals surface area contributed by atoms with Crippen LogP contribution in [0.4, 0.5) is 0 Å². The summed E-state index contributed by atoms with van der Waals surface area (Å²) in [4.78, 5) is 0. The third kappa shape index (κ3) is 5.45. The van der Waals surface area contributed by atoms with Crippen LogP contribution in [0.25, 0.3) is 0 Å². The first kappa shape index (κ1) is 12.1. The number of hydrogen-bond acceptors (Lipinski definition) is 2. The minimum atomic E-state index is 0.666.